The Hall–Kier alpha value is -6.38. The van der Waals surface area contributed by atoms with E-state index in [1.165, 1.54) is 43.2 Å². The van der Waals surface area contributed by atoms with Gasteiger partial charge >= 0.3 is 0 Å². The van der Waals surface area contributed by atoms with Crippen LogP contribution >= 0.6 is 0 Å². The molecule has 0 spiro atoms. The van der Waals surface area contributed by atoms with Crippen molar-refractivity contribution >= 4 is 21.8 Å². The molecule has 2 saturated carbocycles. The molecule has 56 heavy (non-hydrogen) atoms. The summed E-state index contributed by atoms with van der Waals surface area (Å²) in [5.74, 6) is 4.26. The van der Waals surface area contributed by atoms with Crippen molar-refractivity contribution in [1.29, 1.82) is 5.26 Å². The van der Waals surface area contributed by atoms with E-state index in [4.69, 9.17) is 15.0 Å². The molecule has 8 aromatic rings. The predicted octanol–water partition coefficient (Wildman–Crippen LogP) is 12.6. The first kappa shape index (κ1) is 34.1. The summed E-state index contributed by atoms with van der Waals surface area (Å²) in [4.78, 5) is 15.5. The molecule has 10 rings (SSSR count). The van der Waals surface area contributed by atoms with Crippen molar-refractivity contribution in [2.45, 2.75) is 51.4 Å². The van der Waals surface area contributed by atoms with Crippen LogP contribution in [0.1, 0.15) is 57.1 Å². The van der Waals surface area contributed by atoms with Gasteiger partial charge in [-0.3, -0.25) is 0 Å². The fourth-order valence-corrected chi connectivity index (χ4v) is 10.4. The molecule has 5 nitrogen and oxygen atoms in total. The maximum absolute atomic E-state index is 9.79. The van der Waals surface area contributed by atoms with Gasteiger partial charge in [-0.1, -0.05) is 129 Å². The van der Waals surface area contributed by atoms with Gasteiger partial charge in [-0.05, 0) is 102 Å². The highest BCUT2D eigenvalue weighted by atomic mass is 15.0. The van der Waals surface area contributed by atoms with E-state index < -0.39 is 0 Å². The van der Waals surface area contributed by atoms with Crippen molar-refractivity contribution in [2.75, 3.05) is 0 Å². The number of rotatable bonds is 6. The molecular formula is C51H43N5. The highest BCUT2D eigenvalue weighted by molar-refractivity contribution is 6.09. The van der Waals surface area contributed by atoms with Gasteiger partial charge in [0.1, 0.15) is 0 Å². The lowest BCUT2D eigenvalue weighted by atomic mass is 9.54. The van der Waals surface area contributed by atoms with Crippen molar-refractivity contribution < 1.29 is 0 Å². The largest absolute Gasteiger partial charge is 0.309 e. The maximum Gasteiger partial charge on any atom is 0.164 e. The van der Waals surface area contributed by atoms with Crippen LogP contribution in [-0.2, 0) is 5.41 Å². The Morgan fingerprint density at radius 2 is 1.20 bits per heavy atom. The van der Waals surface area contributed by atoms with Gasteiger partial charge < -0.3 is 4.57 Å². The van der Waals surface area contributed by atoms with Gasteiger partial charge in [0.25, 0.3) is 0 Å². The van der Waals surface area contributed by atoms with Gasteiger partial charge in [0, 0.05) is 33.2 Å². The zero-order valence-corrected chi connectivity index (χ0v) is 31.9. The summed E-state index contributed by atoms with van der Waals surface area (Å²) in [6.45, 7) is 4.92. The number of nitrogens with zero attached hydrogens (tertiary/aromatic N) is 5. The van der Waals surface area contributed by atoms with E-state index in [2.05, 4.69) is 134 Å². The first-order valence-electron chi connectivity index (χ1n) is 20.0. The molecule has 5 heteroatoms. The molecule has 2 aliphatic rings. The Bertz CT molecular complexity index is 2770. The average molecular weight is 726 g/mol. The molecule has 2 aliphatic carbocycles. The highest BCUT2D eigenvalue weighted by Gasteiger charge is 2.45. The summed E-state index contributed by atoms with van der Waals surface area (Å²) in [5, 5.41) is 12.0. The smallest absolute Gasteiger partial charge is 0.164 e. The third-order valence-corrected chi connectivity index (χ3v) is 12.4. The van der Waals surface area contributed by atoms with Gasteiger partial charge in [0.15, 0.2) is 17.5 Å². The lowest BCUT2D eigenvalue weighted by Crippen LogP contribution is -2.42. The SMILES string of the molecule is C[C@@H]1CC2C[C@H](C)CC(c3ccc(-c4ccccc4-c4nc(-c5ccccc5)nc(-c5cccc(-n6c7ccccc7c7ccc(C#N)cc76)c5)n4)cc3)(C2)C1. The zero-order valence-electron chi connectivity index (χ0n) is 31.9. The minimum Gasteiger partial charge on any atom is -0.309 e. The number of fused-ring (bicyclic) bond motifs is 5. The van der Waals surface area contributed by atoms with E-state index in [0.717, 1.165) is 67.5 Å². The van der Waals surface area contributed by atoms with Crippen molar-refractivity contribution in [2.24, 2.45) is 17.8 Å². The normalized spacial score (nSPS) is 20.6. The molecule has 4 atom stereocenters. The minimum atomic E-state index is 0.289. The molecule has 2 aromatic heterocycles. The Balaban J connectivity index is 1.09. The summed E-state index contributed by atoms with van der Waals surface area (Å²) in [5.41, 5.74) is 10.5. The average Bonchev–Trinajstić information content (AvgIpc) is 3.57. The van der Waals surface area contributed by atoms with Gasteiger partial charge in [0.2, 0.25) is 0 Å². The Morgan fingerprint density at radius 1 is 0.554 bits per heavy atom. The molecule has 0 amide bonds. The Kier molecular flexibility index (Phi) is 8.37. The maximum atomic E-state index is 9.79. The summed E-state index contributed by atoms with van der Waals surface area (Å²) >= 11 is 0. The molecular weight excluding hydrogens is 683 g/mol. The van der Waals surface area contributed by atoms with Gasteiger partial charge in [0.05, 0.1) is 22.7 Å². The molecule has 0 N–H and O–H groups in total. The van der Waals surface area contributed by atoms with Crippen LogP contribution in [0.5, 0.6) is 0 Å². The molecule has 0 saturated heterocycles. The predicted molar refractivity (Wildman–Crippen MR) is 227 cm³/mol. The van der Waals surface area contributed by atoms with E-state index in [0.29, 0.717) is 23.0 Å². The number of hydrogen-bond acceptors (Lipinski definition) is 4. The van der Waals surface area contributed by atoms with Crippen LogP contribution in [0.15, 0.2) is 146 Å². The van der Waals surface area contributed by atoms with E-state index in [1.54, 1.807) is 0 Å². The number of para-hydroxylation sites is 1. The summed E-state index contributed by atoms with van der Waals surface area (Å²) < 4.78 is 2.23. The highest BCUT2D eigenvalue weighted by Crippen LogP contribution is 2.54. The number of hydrogen-bond donors (Lipinski definition) is 0. The van der Waals surface area contributed by atoms with Crippen LogP contribution in [-0.4, -0.2) is 19.5 Å². The van der Waals surface area contributed by atoms with Gasteiger partial charge in [-0.2, -0.15) is 5.26 Å². The molecule has 0 radical (unpaired) electrons. The molecule has 6 aromatic carbocycles. The standard InChI is InChI=1S/C51H43N5/c1-33-25-36-26-34(2)30-51(29-33,31-36)40-22-20-37(21-23-40)42-15-6-7-17-45(42)50-54-48(38-11-4-3-5-12-38)53-49(55-50)39-13-10-14-41(28-39)56-46-18-9-8-16-43(46)44-24-19-35(32-52)27-47(44)56/h3-24,27-28,33-34,36H,25-26,29-31H2,1-2H3/t33-,34+,36?,51?. The van der Waals surface area contributed by atoms with Crippen LogP contribution in [0.4, 0.5) is 0 Å². The van der Waals surface area contributed by atoms with Crippen molar-refractivity contribution in [3.8, 4) is 57.0 Å². The third-order valence-electron chi connectivity index (χ3n) is 12.4. The molecule has 2 heterocycles. The molecule has 272 valence electrons. The number of benzene rings is 6. The number of nitriles is 1. The first-order chi connectivity index (χ1) is 27.4. The van der Waals surface area contributed by atoms with Gasteiger partial charge in [-0.15, -0.1) is 0 Å². The molecule has 2 unspecified atom stereocenters. The Morgan fingerprint density at radius 3 is 1.96 bits per heavy atom. The lowest BCUT2D eigenvalue weighted by molar-refractivity contribution is 0.0780. The Labute approximate surface area is 328 Å². The fraction of sp³-hybridized carbons (Fsp3) is 0.216. The van der Waals surface area contributed by atoms with Gasteiger partial charge in [-0.25, -0.2) is 15.0 Å². The minimum absolute atomic E-state index is 0.289. The molecule has 2 fully saturated rings. The van der Waals surface area contributed by atoms with E-state index in [9.17, 15) is 5.26 Å². The van der Waals surface area contributed by atoms with Crippen molar-refractivity contribution in [3.63, 3.8) is 0 Å². The lowest BCUT2D eigenvalue weighted by Gasteiger charge is -2.50. The van der Waals surface area contributed by atoms with Crippen LogP contribution in [0, 0.1) is 29.1 Å². The van der Waals surface area contributed by atoms with Crippen LogP contribution in [0.25, 0.3) is 72.8 Å². The van der Waals surface area contributed by atoms with E-state index in [1.807, 2.05) is 36.4 Å². The van der Waals surface area contributed by atoms with Crippen LogP contribution < -0.4 is 0 Å². The topological polar surface area (TPSA) is 67.4 Å². The van der Waals surface area contributed by atoms with E-state index >= 15 is 0 Å². The summed E-state index contributed by atoms with van der Waals surface area (Å²) in [6, 6.07) is 53.1. The van der Waals surface area contributed by atoms with Crippen molar-refractivity contribution in [1.82, 2.24) is 19.5 Å². The summed E-state index contributed by atoms with van der Waals surface area (Å²) in [6.07, 6.45) is 6.66. The second-order valence-corrected chi connectivity index (χ2v) is 16.5. The summed E-state index contributed by atoms with van der Waals surface area (Å²) in [7, 11) is 0. The fourth-order valence-electron chi connectivity index (χ4n) is 10.4. The second-order valence-electron chi connectivity index (χ2n) is 16.5. The monoisotopic (exact) mass is 725 g/mol. The van der Waals surface area contributed by atoms with Crippen LogP contribution in [0.3, 0.4) is 0 Å². The zero-order chi connectivity index (χ0) is 37.8. The molecule has 2 bridgehead atoms. The third kappa shape index (κ3) is 5.97. The number of aromatic nitrogens is 4. The van der Waals surface area contributed by atoms with E-state index in [-0.39, 0.29) is 5.41 Å². The van der Waals surface area contributed by atoms with Crippen LogP contribution in [0.2, 0.25) is 0 Å². The molecule has 0 aliphatic heterocycles. The quantitative estimate of drug-likeness (QED) is 0.171. The second kappa shape index (κ2) is 13.7. The first-order valence-corrected chi connectivity index (χ1v) is 20.0. The van der Waals surface area contributed by atoms with Crippen molar-refractivity contribution in [3.05, 3.63) is 157 Å².